The summed E-state index contributed by atoms with van der Waals surface area (Å²) in [5, 5.41) is 0. The van der Waals surface area contributed by atoms with E-state index >= 15 is 0 Å². The van der Waals surface area contributed by atoms with Crippen LogP contribution in [0.15, 0.2) is 106 Å². The maximum atomic E-state index is 5.53. The zero-order chi connectivity index (χ0) is 29.8. The summed E-state index contributed by atoms with van der Waals surface area (Å²) in [4.78, 5) is 2.63. The SMILES string of the molecule is COCCCN1C2=C(CC/C2=C\c2ccc(OC)cc2)C(c2ccc(OC)cc2)C2=C1/C(=C/c1ccc(OC)cc1)CC2. The minimum absolute atomic E-state index is 0.262. The molecule has 0 radical (unpaired) electrons. The van der Waals surface area contributed by atoms with Crippen molar-refractivity contribution in [1.29, 1.82) is 0 Å². The molecule has 5 heteroatoms. The van der Waals surface area contributed by atoms with E-state index in [9.17, 15) is 0 Å². The first-order chi connectivity index (χ1) is 21.1. The van der Waals surface area contributed by atoms with Crippen LogP contribution in [-0.2, 0) is 4.74 Å². The molecule has 2 aliphatic carbocycles. The van der Waals surface area contributed by atoms with Gasteiger partial charge in [0.25, 0.3) is 0 Å². The number of rotatable bonds is 10. The molecule has 3 aromatic rings. The summed E-state index contributed by atoms with van der Waals surface area (Å²) in [6.45, 7) is 1.65. The second kappa shape index (κ2) is 13.0. The van der Waals surface area contributed by atoms with Gasteiger partial charge in [-0.3, -0.25) is 0 Å². The fourth-order valence-corrected chi connectivity index (χ4v) is 6.88. The van der Waals surface area contributed by atoms with Crippen molar-refractivity contribution >= 4 is 12.2 Å². The van der Waals surface area contributed by atoms with Crippen molar-refractivity contribution in [3.05, 3.63) is 123 Å². The Morgan fingerprint density at radius 3 is 1.47 bits per heavy atom. The Bertz CT molecular complexity index is 1470. The molecule has 0 N–H and O–H groups in total. The quantitative estimate of drug-likeness (QED) is 0.227. The van der Waals surface area contributed by atoms with E-state index in [1.807, 2.05) is 24.3 Å². The lowest BCUT2D eigenvalue weighted by atomic mass is 9.80. The maximum Gasteiger partial charge on any atom is 0.118 e. The minimum atomic E-state index is 0.262. The number of hydrogen-bond acceptors (Lipinski definition) is 5. The van der Waals surface area contributed by atoms with Crippen LogP contribution in [0, 0.1) is 0 Å². The number of nitrogens with zero attached hydrogens (tertiary/aromatic N) is 1. The second-order valence-electron chi connectivity index (χ2n) is 11.3. The fourth-order valence-electron chi connectivity index (χ4n) is 6.88. The van der Waals surface area contributed by atoms with Crippen LogP contribution in [0.5, 0.6) is 17.2 Å². The minimum Gasteiger partial charge on any atom is -0.497 e. The first-order valence-corrected chi connectivity index (χ1v) is 15.2. The monoisotopic (exact) mass is 575 g/mol. The second-order valence-corrected chi connectivity index (χ2v) is 11.3. The van der Waals surface area contributed by atoms with Gasteiger partial charge in [-0.25, -0.2) is 0 Å². The van der Waals surface area contributed by atoms with E-state index < -0.39 is 0 Å². The summed E-state index contributed by atoms with van der Waals surface area (Å²) in [5.41, 5.74) is 12.4. The summed E-state index contributed by atoms with van der Waals surface area (Å²) < 4.78 is 21.9. The van der Waals surface area contributed by atoms with Gasteiger partial charge < -0.3 is 23.8 Å². The Labute approximate surface area is 255 Å². The van der Waals surface area contributed by atoms with E-state index in [-0.39, 0.29) is 5.92 Å². The summed E-state index contributed by atoms with van der Waals surface area (Å²) >= 11 is 0. The van der Waals surface area contributed by atoms with Gasteiger partial charge in [-0.2, -0.15) is 0 Å². The summed E-state index contributed by atoms with van der Waals surface area (Å²) in [6, 6.07) is 25.5. The molecule has 0 saturated carbocycles. The molecule has 6 rings (SSSR count). The fraction of sp³-hybridized carbons (Fsp3) is 0.316. The van der Waals surface area contributed by atoms with Crippen LogP contribution in [0.4, 0.5) is 0 Å². The number of benzene rings is 3. The summed E-state index contributed by atoms with van der Waals surface area (Å²) in [6.07, 6.45) is 9.90. The third-order valence-corrected chi connectivity index (χ3v) is 8.87. The van der Waals surface area contributed by atoms with Gasteiger partial charge in [-0.1, -0.05) is 36.4 Å². The van der Waals surface area contributed by atoms with Gasteiger partial charge in [-0.15, -0.1) is 0 Å². The lowest BCUT2D eigenvalue weighted by Crippen LogP contribution is -2.31. The van der Waals surface area contributed by atoms with Crippen molar-refractivity contribution < 1.29 is 18.9 Å². The average Bonchev–Trinajstić information content (AvgIpc) is 3.66. The highest BCUT2D eigenvalue weighted by Gasteiger charge is 2.42. The van der Waals surface area contributed by atoms with Gasteiger partial charge in [0, 0.05) is 37.6 Å². The predicted molar refractivity (Wildman–Crippen MR) is 173 cm³/mol. The van der Waals surface area contributed by atoms with Crippen molar-refractivity contribution in [2.75, 3.05) is 41.6 Å². The number of methoxy groups -OCH3 is 4. The molecule has 222 valence electrons. The lowest BCUT2D eigenvalue weighted by Gasteiger charge is -2.38. The molecular formula is C38H41NO4. The van der Waals surface area contributed by atoms with Gasteiger partial charge in [0.15, 0.2) is 0 Å². The van der Waals surface area contributed by atoms with E-state index in [1.165, 1.54) is 50.4 Å². The first-order valence-electron chi connectivity index (χ1n) is 15.2. The summed E-state index contributed by atoms with van der Waals surface area (Å²) in [5.74, 6) is 2.90. The van der Waals surface area contributed by atoms with Gasteiger partial charge in [0.05, 0.1) is 21.3 Å². The molecule has 3 aromatic carbocycles. The van der Waals surface area contributed by atoms with E-state index in [4.69, 9.17) is 18.9 Å². The van der Waals surface area contributed by atoms with Crippen molar-refractivity contribution in [1.82, 2.24) is 4.90 Å². The van der Waals surface area contributed by atoms with Crippen LogP contribution in [0.2, 0.25) is 0 Å². The van der Waals surface area contributed by atoms with Crippen molar-refractivity contribution in [2.24, 2.45) is 0 Å². The third-order valence-electron chi connectivity index (χ3n) is 8.87. The highest BCUT2D eigenvalue weighted by atomic mass is 16.5. The molecule has 1 aliphatic heterocycles. The molecule has 0 amide bonds. The lowest BCUT2D eigenvalue weighted by molar-refractivity contribution is 0.186. The number of hydrogen-bond donors (Lipinski definition) is 0. The van der Waals surface area contributed by atoms with E-state index in [0.717, 1.165) is 62.5 Å². The normalized spacial score (nSPS) is 19.7. The highest BCUT2D eigenvalue weighted by molar-refractivity contribution is 5.70. The number of ether oxygens (including phenoxy) is 4. The Kier molecular flexibility index (Phi) is 8.71. The van der Waals surface area contributed by atoms with Crippen molar-refractivity contribution in [3.8, 4) is 17.2 Å². The van der Waals surface area contributed by atoms with Gasteiger partial charge in [0.2, 0.25) is 0 Å². The van der Waals surface area contributed by atoms with Crippen LogP contribution in [0.3, 0.4) is 0 Å². The molecule has 1 heterocycles. The Balaban J connectivity index is 1.49. The predicted octanol–water partition coefficient (Wildman–Crippen LogP) is 8.41. The molecule has 5 nitrogen and oxygen atoms in total. The number of allylic oxidation sites excluding steroid dienone is 4. The average molecular weight is 576 g/mol. The highest BCUT2D eigenvalue weighted by Crippen LogP contribution is 2.56. The molecule has 0 fully saturated rings. The Hall–Kier alpha value is -4.22. The summed E-state index contributed by atoms with van der Waals surface area (Å²) in [7, 11) is 6.95. The molecule has 43 heavy (non-hydrogen) atoms. The molecule has 0 bridgehead atoms. The molecular weight excluding hydrogens is 534 g/mol. The molecule has 0 unspecified atom stereocenters. The molecule has 0 saturated heterocycles. The van der Waals surface area contributed by atoms with Crippen molar-refractivity contribution in [2.45, 2.75) is 38.0 Å². The van der Waals surface area contributed by atoms with Crippen molar-refractivity contribution in [3.63, 3.8) is 0 Å². The molecule has 0 atom stereocenters. The topological polar surface area (TPSA) is 40.2 Å². The van der Waals surface area contributed by atoms with E-state index in [0.29, 0.717) is 0 Å². The van der Waals surface area contributed by atoms with Gasteiger partial charge in [0.1, 0.15) is 17.2 Å². The van der Waals surface area contributed by atoms with Gasteiger partial charge >= 0.3 is 0 Å². The maximum absolute atomic E-state index is 5.53. The van der Waals surface area contributed by atoms with Crippen LogP contribution in [-0.4, -0.2) is 46.5 Å². The van der Waals surface area contributed by atoms with E-state index in [1.54, 1.807) is 28.4 Å². The zero-order valence-electron chi connectivity index (χ0n) is 25.7. The van der Waals surface area contributed by atoms with Crippen LogP contribution < -0.4 is 14.2 Å². The van der Waals surface area contributed by atoms with Crippen LogP contribution >= 0.6 is 0 Å². The first kappa shape index (κ1) is 28.9. The van der Waals surface area contributed by atoms with Crippen LogP contribution in [0.1, 0.15) is 54.7 Å². The molecule has 0 spiro atoms. The van der Waals surface area contributed by atoms with Gasteiger partial charge in [-0.05, 0) is 120 Å². The van der Waals surface area contributed by atoms with E-state index in [2.05, 4.69) is 65.6 Å². The largest absolute Gasteiger partial charge is 0.497 e. The Morgan fingerprint density at radius 1 is 0.605 bits per heavy atom. The third kappa shape index (κ3) is 5.87. The van der Waals surface area contributed by atoms with Crippen LogP contribution in [0.25, 0.3) is 12.2 Å². The standard InChI is InChI=1S/C38H41NO4/c1-40-23-5-22-39-37-29(24-26-6-14-31(41-2)15-7-26)12-20-34(37)36(28-10-18-33(43-4)19-11-28)35-21-13-30(38(35)39)25-27-8-16-32(42-3)17-9-27/h6-11,14-19,24-25,36H,5,12-13,20-23H2,1-4H3/b29-24+,30-25+. The zero-order valence-corrected chi connectivity index (χ0v) is 25.7. The smallest absolute Gasteiger partial charge is 0.118 e. The molecule has 3 aliphatic rings. The molecule has 0 aromatic heterocycles. The Morgan fingerprint density at radius 2 is 1.05 bits per heavy atom.